The fraction of sp³-hybridized carbons (Fsp3) is 0.417. The second-order valence-electron chi connectivity index (χ2n) is 8.42. The molecule has 0 radical (unpaired) electrons. The summed E-state index contributed by atoms with van der Waals surface area (Å²) < 4.78 is 11.7. The Hall–Kier alpha value is -2.82. The van der Waals surface area contributed by atoms with Gasteiger partial charge in [-0.2, -0.15) is 0 Å². The Bertz CT molecular complexity index is 1070. The van der Waals surface area contributed by atoms with Crippen LogP contribution in [0.4, 0.5) is 0 Å². The van der Waals surface area contributed by atoms with Crippen molar-refractivity contribution in [3.05, 3.63) is 57.5 Å². The van der Waals surface area contributed by atoms with E-state index in [4.69, 9.17) is 9.15 Å². The van der Waals surface area contributed by atoms with Crippen LogP contribution in [0.5, 0.6) is 11.5 Å². The van der Waals surface area contributed by atoms with E-state index in [2.05, 4.69) is 0 Å². The summed E-state index contributed by atoms with van der Waals surface area (Å²) in [6.07, 6.45) is 5.67. The van der Waals surface area contributed by atoms with E-state index in [0.29, 0.717) is 22.3 Å². The lowest BCUT2D eigenvalue weighted by molar-refractivity contribution is -0.110. The second kappa shape index (κ2) is 7.90. The van der Waals surface area contributed by atoms with Gasteiger partial charge < -0.3 is 14.3 Å². The van der Waals surface area contributed by atoms with Crippen LogP contribution in [-0.4, -0.2) is 16.5 Å². The van der Waals surface area contributed by atoms with Crippen molar-refractivity contribution < 1.29 is 19.1 Å². The van der Waals surface area contributed by atoms with Crippen LogP contribution in [0.25, 0.3) is 11.0 Å². The Kier molecular flexibility index (Phi) is 5.69. The summed E-state index contributed by atoms with van der Waals surface area (Å²) in [6.45, 7) is 9.76. The molecule has 5 heteroatoms. The van der Waals surface area contributed by atoms with Gasteiger partial charge in [0.2, 0.25) is 0 Å². The summed E-state index contributed by atoms with van der Waals surface area (Å²) in [5.41, 5.74) is 1.93. The molecule has 0 unspecified atom stereocenters. The molecule has 29 heavy (non-hydrogen) atoms. The number of benzene rings is 1. The van der Waals surface area contributed by atoms with Crippen molar-refractivity contribution in [1.29, 1.82) is 0 Å². The minimum Gasteiger partial charge on any atom is -0.508 e. The topological polar surface area (TPSA) is 76.7 Å². The van der Waals surface area contributed by atoms with Gasteiger partial charge in [-0.1, -0.05) is 18.1 Å². The highest BCUT2D eigenvalue weighted by molar-refractivity contribution is 6.00. The number of fused-ring (bicyclic) bond motifs is 3. The summed E-state index contributed by atoms with van der Waals surface area (Å²) in [6, 6.07) is 4.70. The number of hydrogen-bond donors (Lipinski definition) is 1. The summed E-state index contributed by atoms with van der Waals surface area (Å²) in [5.74, 6) is 0.485. The minimum atomic E-state index is -0.534. The number of phenols is 1. The first kappa shape index (κ1) is 20.9. The van der Waals surface area contributed by atoms with Gasteiger partial charge in [-0.25, -0.2) is 4.79 Å². The third kappa shape index (κ3) is 4.29. The maximum absolute atomic E-state index is 12.5. The SMILES string of the molecule is CC(C)=CC(=O)C=C(C)CCC[C@@]1(C)Oc2c(c(=O)oc3cc(O)ccc23)[C@H]1C. The van der Waals surface area contributed by atoms with Crippen molar-refractivity contribution in [2.75, 3.05) is 0 Å². The van der Waals surface area contributed by atoms with Crippen molar-refractivity contribution in [2.24, 2.45) is 0 Å². The van der Waals surface area contributed by atoms with E-state index in [-0.39, 0.29) is 17.5 Å². The number of phenolic OH excluding ortho intramolecular Hbond substituents is 1. The number of carbonyl (C=O) groups excluding carboxylic acids is 1. The van der Waals surface area contributed by atoms with Crippen LogP contribution in [0.3, 0.4) is 0 Å². The number of aromatic hydroxyl groups is 1. The summed E-state index contributed by atoms with van der Waals surface area (Å²) in [5, 5.41) is 10.4. The van der Waals surface area contributed by atoms with Gasteiger partial charge in [0.15, 0.2) is 5.78 Å². The van der Waals surface area contributed by atoms with Crippen LogP contribution in [0.1, 0.15) is 65.4 Å². The van der Waals surface area contributed by atoms with E-state index in [1.807, 2.05) is 34.6 Å². The largest absolute Gasteiger partial charge is 0.508 e. The number of ether oxygens (including phenoxy) is 1. The summed E-state index contributed by atoms with van der Waals surface area (Å²) >= 11 is 0. The van der Waals surface area contributed by atoms with Crippen molar-refractivity contribution >= 4 is 16.8 Å². The lowest BCUT2D eigenvalue weighted by Crippen LogP contribution is -2.33. The quantitative estimate of drug-likeness (QED) is 0.522. The zero-order valence-electron chi connectivity index (χ0n) is 17.7. The molecule has 2 heterocycles. The van der Waals surface area contributed by atoms with E-state index in [0.717, 1.165) is 30.4 Å². The van der Waals surface area contributed by atoms with Crippen LogP contribution >= 0.6 is 0 Å². The molecule has 0 aliphatic carbocycles. The van der Waals surface area contributed by atoms with E-state index in [1.165, 1.54) is 6.07 Å². The fourth-order valence-electron chi connectivity index (χ4n) is 3.91. The standard InChI is InChI=1S/C24H28O5/c1-14(2)11-18(26)12-15(3)7-6-10-24(5)16(4)21-22(29-24)19-9-8-17(25)13-20(19)28-23(21)27/h8-9,11-13,16,25H,6-7,10H2,1-5H3/t16-,24-/m1/s1. The van der Waals surface area contributed by atoms with Crippen LogP contribution < -0.4 is 10.4 Å². The average Bonchev–Trinajstić information content (AvgIpc) is 2.86. The zero-order chi connectivity index (χ0) is 21.3. The molecule has 0 spiro atoms. The molecule has 1 aliphatic heterocycles. The Morgan fingerprint density at radius 1 is 1.24 bits per heavy atom. The fourth-order valence-corrected chi connectivity index (χ4v) is 3.91. The highest BCUT2D eigenvalue weighted by Crippen LogP contribution is 2.48. The molecular weight excluding hydrogens is 368 g/mol. The number of ketones is 1. The monoisotopic (exact) mass is 396 g/mol. The Morgan fingerprint density at radius 3 is 2.66 bits per heavy atom. The molecule has 2 aromatic rings. The number of carbonyl (C=O) groups is 1. The molecule has 0 saturated carbocycles. The first-order chi connectivity index (χ1) is 13.6. The lowest BCUT2D eigenvalue weighted by Gasteiger charge is -2.28. The van der Waals surface area contributed by atoms with E-state index in [1.54, 1.807) is 24.3 Å². The van der Waals surface area contributed by atoms with Crippen molar-refractivity contribution in [3.63, 3.8) is 0 Å². The average molecular weight is 396 g/mol. The van der Waals surface area contributed by atoms with Gasteiger partial charge in [0, 0.05) is 12.0 Å². The van der Waals surface area contributed by atoms with Gasteiger partial charge in [0.25, 0.3) is 0 Å². The van der Waals surface area contributed by atoms with Crippen LogP contribution in [-0.2, 0) is 4.79 Å². The van der Waals surface area contributed by atoms with Gasteiger partial charge in [0.05, 0.1) is 10.9 Å². The van der Waals surface area contributed by atoms with E-state index >= 15 is 0 Å². The van der Waals surface area contributed by atoms with Crippen molar-refractivity contribution in [2.45, 2.75) is 65.4 Å². The first-order valence-corrected chi connectivity index (χ1v) is 9.95. The second-order valence-corrected chi connectivity index (χ2v) is 8.42. The molecule has 5 nitrogen and oxygen atoms in total. The van der Waals surface area contributed by atoms with E-state index < -0.39 is 11.2 Å². The first-order valence-electron chi connectivity index (χ1n) is 9.95. The number of rotatable bonds is 6. The molecule has 0 fully saturated rings. The summed E-state index contributed by atoms with van der Waals surface area (Å²) in [4.78, 5) is 24.4. The Balaban J connectivity index is 1.77. The van der Waals surface area contributed by atoms with Gasteiger partial charge >= 0.3 is 5.63 Å². The van der Waals surface area contributed by atoms with Crippen molar-refractivity contribution in [3.8, 4) is 11.5 Å². The lowest BCUT2D eigenvalue weighted by atomic mass is 9.83. The van der Waals surface area contributed by atoms with E-state index in [9.17, 15) is 14.7 Å². The molecule has 0 amide bonds. The smallest absolute Gasteiger partial charge is 0.343 e. The minimum absolute atomic E-state index is 0.0129. The predicted molar refractivity (Wildman–Crippen MR) is 114 cm³/mol. The molecule has 154 valence electrons. The molecule has 1 N–H and O–H groups in total. The highest BCUT2D eigenvalue weighted by Gasteiger charge is 2.44. The van der Waals surface area contributed by atoms with Crippen molar-refractivity contribution in [1.82, 2.24) is 0 Å². The highest BCUT2D eigenvalue weighted by atomic mass is 16.5. The number of hydrogen-bond acceptors (Lipinski definition) is 5. The Morgan fingerprint density at radius 2 is 1.97 bits per heavy atom. The zero-order valence-corrected chi connectivity index (χ0v) is 17.7. The maximum atomic E-state index is 12.5. The van der Waals surface area contributed by atoms with Gasteiger partial charge in [-0.3, -0.25) is 4.79 Å². The molecule has 2 atom stereocenters. The van der Waals surface area contributed by atoms with Crippen LogP contribution in [0.2, 0.25) is 0 Å². The molecule has 1 aliphatic rings. The normalized spacial score (nSPS) is 21.0. The van der Waals surface area contributed by atoms with Gasteiger partial charge in [0.1, 0.15) is 22.7 Å². The number of allylic oxidation sites excluding steroid dienone is 4. The molecule has 1 aromatic heterocycles. The summed E-state index contributed by atoms with van der Waals surface area (Å²) in [7, 11) is 0. The molecular formula is C24H28O5. The third-order valence-electron chi connectivity index (χ3n) is 5.63. The maximum Gasteiger partial charge on any atom is 0.343 e. The molecule has 3 rings (SSSR count). The van der Waals surface area contributed by atoms with Crippen LogP contribution in [0, 0.1) is 0 Å². The van der Waals surface area contributed by atoms with Crippen LogP contribution in [0.15, 0.2) is 50.7 Å². The molecule has 1 aromatic carbocycles. The molecule has 0 saturated heterocycles. The third-order valence-corrected chi connectivity index (χ3v) is 5.63. The van der Waals surface area contributed by atoms with Gasteiger partial charge in [-0.05, 0) is 71.2 Å². The Labute approximate surface area is 170 Å². The van der Waals surface area contributed by atoms with Gasteiger partial charge in [-0.15, -0.1) is 0 Å². The molecule has 0 bridgehead atoms. The predicted octanol–water partition coefficient (Wildman–Crippen LogP) is 5.41.